The third-order valence-corrected chi connectivity index (χ3v) is 3.78. The zero-order valence-corrected chi connectivity index (χ0v) is 11.8. The van der Waals surface area contributed by atoms with Crippen LogP contribution in [0, 0.1) is 5.92 Å². The molecule has 0 aromatic heterocycles. The van der Waals surface area contributed by atoms with Gasteiger partial charge in [-0.15, -0.1) is 0 Å². The first-order valence-corrected chi connectivity index (χ1v) is 7.15. The summed E-state index contributed by atoms with van der Waals surface area (Å²) in [4.78, 5) is 0. The maximum atomic E-state index is 6.09. The highest BCUT2D eigenvalue weighted by molar-refractivity contribution is 6.30. The van der Waals surface area contributed by atoms with Crippen LogP contribution in [0.25, 0.3) is 0 Å². The predicted octanol–water partition coefficient (Wildman–Crippen LogP) is 4.58. The van der Waals surface area contributed by atoms with Crippen molar-refractivity contribution in [1.29, 1.82) is 0 Å². The van der Waals surface area contributed by atoms with Gasteiger partial charge in [0.1, 0.15) is 0 Å². The molecule has 1 aliphatic heterocycles. The molecule has 2 rings (SSSR count). The summed E-state index contributed by atoms with van der Waals surface area (Å²) in [5.74, 6) is 0.522. The van der Waals surface area contributed by atoms with Crippen LogP contribution in [0.1, 0.15) is 45.0 Å². The third kappa shape index (κ3) is 3.25. The fraction of sp³-hybridized carbons (Fsp3) is 0.600. The van der Waals surface area contributed by atoms with Gasteiger partial charge >= 0.3 is 0 Å². The monoisotopic (exact) mass is 268 g/mol. The molecule has 3 heteroatoms. The van der Waals surface area contributed by atoms with Crippen molar-refractivity contribution in [3.8, 4) is 0 Å². The lowest BCUT2D eigenvalue weighted by Gasteiger charge is -2.36. The fourth-order valence-corrected chi connectivity index (χ4v) is 2.52. The maximum absolute atomic E-state index is 6.09. The normalized spacial score (nSPS) is 28.3. The summed E-state index contributed by atoms with van der Waals surface area (Å²) < 4.78 is 11.9. The Hall–Kier alpha value is -0.570. The van der Waals surface area contributed by atoms with Crippen molar-refractivity contribution in [2.45, 2.75) is 45.5 Å². The van der Waals surface area contributed by atoms with Gasteiger partial charge in [0.15, 0.2) is 6.29 Å². The molecule has 1 saturated heterocycles. The number of hydrogen-bond acceptors (Lipinski definition) is 2. The molecule has 1 heterocycles. The van der Waals surface area contributed by atoms with Crippen molar-refractivity contribution in [2.24, 2.45) is 5.92 Å². The van der Waals surface area contributed by atoms with Crippen molar-refractivity contribution in [1.82, 2.24) is 0 Å². The Balaban J connectivity index is 2.05. The van der Waals surface area contributed by atoms with Gasteiger partial charge in [-0.2, -0.15) is 0 Å². The van der Waals surface area contributed by atoms with E-state index in [4.69, 9.17) is 21.1 Å². The molecule has 0 unspecified atom stereocenters. The summed E-state index contributed by atoms with van der Waals surface area (Å²) in [6.45, 7) is 5.18. The second-order valence-corrected chi connectivity index (χ2v) is 5.28. The minimum absolute atomic E-state index is 0.235. The van der Waals surface area contributed by atoms with E-state index < -0.39 is 0 Å². The molecule has 1 aliphatic rings. The van der Waals surface area contributed by atoms with E-state index in [0.29, 0.717) is 12.0 Å². The van der Waals surface area contributed by atoms with E-state index in [1.165, 1.54) is 0 Å². The summed E-state index contributed by atoms with van der Waals surface area (Å²) in [5, 5.41) is 0.742. The molecule has 0 amide bonds. The van der Waals surface area contributed by atoms with E-state index in [1.807, 2.05) is 24.3 Å². The van der Waals surface area contributed by atoms with Crippen molar-refractivity contribution in [2.75, 3.05) is 6.61 Å². The lowest BCUT2D eigenvalue weighted by molar-refractivity contribution is -0.243. The Bertz CT molecular complexity index is 363. The van der Waals surface area contributed by atoms with E-state index in [2.05, 4.69) is 13.8 Å². The molecule has 1 fully saturated rings. The molecule has 0 aliphatic carbocycles. The number of benzene rings is 1. The topological polar surface area (TPSA) is 18.5 Å². The van der Waals surface area contributed by atoms with Crippen LogP contribution in [-0.2, 0) is 9.47 Å². The molecule has 2 nitrogen and oxygen atoms in total. The van der Waals surface area contributed by atoms with Crippen LogP contribution in [0.4, 0.5) is 0 Å². The summed E-state index contributed by atoms with van der Waals surface area (Å²) in [6, 6.07) is 7.71. The second kappa shape index (κ2) is 6.55. The van der Waals surface area contributed by atoms with Crippen molar-refractivity contribution in [3.05, 3.63) is 34.9 Å². The number of rotatable bonds is 4. The van der Waals surface area contributed by atoms with Crippen molar-refractivity contribution < 1.29 is 9.47 Å². The average Bonchev–Trinajstić information content (AvgIpc) is 2.40. The Morgan fingerprint density at radius 2 is 1.94 bits per heavy atom. The minimum Gasteiger partial charge on any atom is -0.348 e. The molecule has 1 aromatic rings. The molecule has 0 saturated carbocycles. The first-order valence-electron chi connectivity index (χ1n) is 6.77. The molecule has 100 valence electrons. The smallest absolute Gasteiger partial charge is 0.184 e. The van der Waals surface area contributed by atoms with Crippen LogP contribution >= 0.6 is 11.6 Å². The van der Waals surface area contributed by atoms with Gasteiger partial charge in [-0.3, -0.25) is 0 Å². The number of hydrogen-bond donors (Lipinski definition) is 0. The van der Waals surface area contributed by atoms with Crippen LogP contribution in [0.3, 0.4) is 0 Å². The number of halogens is 1. The van der Waals surface area contributed by atoms with E-state index in [0.717, 1.165) is 36.5 Å². The summed E-state index contributed by atoms with van der Waals surface area (Å²) in [7, 11) is 0. The molecule has 0 N–H and O–H groups in total. The molecule has 18 heavy (non-hydrogen) atoms. The van der Waals surface area contributed by atoms with Crippen molar-refractivity contribution >= 4 is 11.6 Å². The Labute approximate surface area is 114 Å². The quantitative estimate of drug-likeness (QED) is 0.796. The lowest BCUT2D eigenvalue weighted by Crippen LogP contribution is -2.35. The molecular formula is C15H21ClO2. The highest BCUT2D eigenvalue weighted by atomic mass is 35.5. The van der Waals surface area contributed by atoms with Crippen LogP contribution in [0.2, 0.25) is 5.02 Å². The average molecular weight is 269 g/mol. The molecule has 0 radical (unpaired) electrons. The zero-order valence-electron chi connectivity index (χ0n) is 11.1. The van der Waals surface area contributed by atoms with E-state index in [-0.39, 0.29) is 6.29 Å². The van der Waals surface area contributed by atoms with Gasteiger partial charge in [0.05, 0.1) is 12.7 Å². The molecule has 1 aromatic carbocycles. The molecule has 3 atom stereocenters. The van der Waals surface area contributed by atoms with Gasteiger partial charge in [-0.1, -0.05) is 44.0 Å². The zero-order chi connectivity index (χ0) is 13.0. The fourth-order valence-electron chi connectivity index (χ4n) is 2.39. The standard InChI is InChI=1S/C15H21ClO2/c1-3-5-14-11(4-2)10-17-15(18-14)12-6-8-13(16)9-7-12/h6-9,11,14-15H,3-5,10H2,1-2H3/t11-,14+,15+/m1/s1. The highest BCUT2D eigenvalue weighted by Gasteiger charge is 2.30. The first-order chi connectivity index (χ1) is 8.74. The molecule has 0 bridgehead atoms. The van der Waals surface area contributed by atoms with E-state index >= 15 is 0 Å². The van der Waals surface area contributed by atoms with Gasteiger partial charge < -0.3 is 9.47 Å². The van der Waals surface area contributed by atoms with Gasteiger partial charge in [-0.05, 0) is 25.0 Å². The summed E-state index contributed by atoms with van der Waals surface area (Å²) in [6.07, 6.45) is 3.44. The Kier molecular flexibility index (Phi) is 5.04. The largest absolute Gasteiger partial charge is 0.348 e. The maximum Gasteiger partial charge on any atom is 0.184 e. The lowest BCUT2D eigenvalue weighted by atomic mass is 9.95. The van der Waals surface area contributed by atoms with Gasteiger partial charge in [0.2, 0.25) is 0 Å². The van der Waals surface area contributed by atoms with Gasteiger partial charge in [0, 0.05) is 16.5 Å². The second-order valence-electron chi connectivity index (χ2n) is 4.85. The minimum atomic E-state index is -0.235. The van der Waals surface area contributed by atoms with Crippen LogP contribution in [0.5, 0.6) is 0 Å². The Morgan fingerprint density at radius 3 is 2.56 bits per heavy atom. The predicted molar refractivity (Wildman–Crippen MR) is 73.7 cm³/mol. The van der Waals surface area contributed by atoms with Crippen LogP contribution in [-0.4, -0.2) is 12.7 Å². The van der Waals surface area contributed by atoms with Gasteiger partial charge in [0.25, 0.3) is 0 Å². The third-order valence-electron chi connectivity index (χ3n) is 3.53. The Morgan fingerprint density at radius 1 is 1.22 bits per heavy atom. The van der Waals surface area contributed by atoms with E-state index in [1.54, 1.807) is 0 Å². The van der Waals surface area contributed by atoms with Crippen LogP contribution < -0.4 is 0 Å². The van der Waals surface area contributed by atoms with Crippen molar-refractivity contribution in [3.63, 3.8) is 0 Å². The highest BCUT2D eigenvalue weighted by Crippen LogP contribution is 2.32. The number of ether oxygens (including phenoxy) is 2. The summed E-state index contributed by atoms with van der Waals surface area (Å²) >= 11 is 5.89. The SMILES string of the molecule is CCC[C@@H]1O[C@@H](c2ccc(Cl)cc2)OC[C@H]1CC. The van der Waals surface area contributed by atoms with Crippen LogP contribution in [0.15, 0.2) is 24.3 Å². The molecular weight excluding hydrogens is 248 g/mol. The summed E-state index contributed by atoms with van der Waals surface area (Å²) in [5.41, 5.74) is 1.05. The first kappa shape index (κ1) is 13.9. The van der Waals surface area contributed by atoms with Gasteiger partial charge in [-0.25, -0.2) is 0 Å². The molecule has 0 spiro atoms. The van der Waals surface area contributed by atoms with E-state index in [9.17, 15) is 0 Å².